The molecule has 3 rings (SSSR count). The third-order valence-electron chi connectivity index (χ3n) is 4.90. The molecule has 0 radical (unpaired) electrons. The number of benzene rings is 2. The van der Waals surface area contributed by atoms with Crippen LogP contribution in [0.3, 0.4) is 0 Å². The van der Waals surface area contributed by atoms with Crippen LogP contribution in [-0.4, -0.2) is 31.4 Å². The quantitative estimate of drug-likeness (QED) is 0.447. The van der Waals surface area contributed by atoms with Crippen molar-refractivity contribution in [1.82, 2.24) is 4.90 Å². The first-order valence-electron chi connectivity index (χ1n) is 9.17. The summed E-state index contributed by atoms with van der Waals surface area (Å²) in [5, 5.41) is 0. The van der Waals surface area contributed by atoms with Crippen LogP contribution in [0.2, 0.25) is 0 Å². The van der Waals surface area contributed by atoms with E-state index in [2.05, 4.69) is 4.99 Å². The summed E-state index contributed by atoms with van der Waals surface area (Å²) in [6, 6.07) is 11.0. The van der Waals surface area contributed by atoms with Crippen molar-refractivity contribution in [2.45, 2.75) is 30.9 Å². The van der Waals surface area contributed by atoms with Gasteiger partial charge in [0.25, 0.3) is 0 Å². The molecule has 0 bridgehead atoms. The van der Waals surface area contributed by atoms with E-state index >= 15 is 0 Å². The molecule has 1 aliphatic rings. The molecule has 0 spiro atoms. The predicted molar refractivity (Wildman–Crippen MR) is 100.0 cm³/mol. The number of halogens is 6. The second kappa shape index (κ2) is 8.29. The summed E-state index contributed by atoms with van der Waals surface area (Å²) < 4.78 is 83.3. The first-order valence-corrected chi connectivity index (χ1v) is 9.17. The summed E-state index contributed by atoms with van der Waals surface area (Å²) in [5.41, 5.74) is -2.48. The second-order valence-electron chi connectivity index (χ2n) is 7.27. The Hall–Kier alpha value is -2.55. The summed E-state index contributed by atoms with van der Waals surface area (Å²) in [6.45, 7) is 0.358. The van der Waals surface area contributed by atoms with Gasteiger partial charge in [0.1, 0.15) is 5.54 Å². The Bertz CT molecular complexity index is 862. The fourth-order valence-electron chi connectivity index (χ4n) is 3.44. The third kappa shape index (κ3) is 5.13. The lowest BCUT2D eigenvalue weighted by atomic mass is 9.88. The highest BCUT2D eigenvalue weighted by molar-refractivity contribution is 5.59. The molecule has 1 heterocycles. The molecule has 0 amide bonds. The number of hydrogen-bond donors (Lipinski definition) is 0. The molecule has 0 saturated heterocycles. The minimum absolute atomic E-state index is 0.108. The Kier molecular flexibility index (Phi) is 6.12. The highest BCUT2D eigenvalue weighted by Gasteiger charge is 2.37. The average molecular weight is 430 g/mol. The molecule has 0 aromatic heterocycles. The Labute approximate surface area is 170 Å². The molecule has 162 valence electrons. The van der Waals surface area contributed by atoms with Crippen LogP contribution in [0.25, 0.3) is 0 Å². The van der Waals surface area contributed by atoms with Crippen LogP contribution in [0.5, 0.6) is 0 Å². The van der Waals surface area contributed by atoms with Gasteiger partial charge in [0.15, 0.2) is 0 Å². The molecule has 0 fully saturated rings. The van der Waals surface area contributed by atoms with Gasteiger partial charge in [-0.05, 0) is 29.3 Å². The lowest BCUT2D eigenvalue weighted by Gasteiger charge is -2.27. The summed E-state index contributed by atoms with van der Waals surface area (Å²) in [5.74, 6) is 0. The minimum Gasteiger partial charge on any atom is -0.377 e. The summed E-state index contributed by atoms with van der Waals surface area (Å²) in [4.78, 5) is 6.49. The zero-order chi connectivity index (χ0) is 22.0. The molecular weight excluding hydrogens is 410 g/mol. The summed E-state index contributed by atoms with van der Waals surface area (Å²) >= 11 is 0. The number of aliphatic imine (C=N–C) groups is 1. The standard InChI is InChI=1S/C21H20F6N2O/c1-29-13-19(28-14-29,16-5-3-2-4-6-16)7-8-30-12-15-9-17(20(22,23)24)11-18(10-15)21(25,26)27/h2-6,9-11,14H,7-8,12-13H2,1H3/t19-/m0/s1. The van der Waals surface area contributed by atoms with E-state index in [0.717, 1.165) is 5.56 Å². The maximum atomic E-state index is 13.0. The number of nitrogens with zero attached hydrogens (tertiary/aromatic N) is 2. The van der Waals surface area contributed by atoms with Crippen molar-refractivity contribution in [3.05, 3.63) is 70.8 Å². The van der Waals surface area contributed by atoms with Crippen molar-refractivity contribution < 1.29 is 31.1 Å². The highest BCUT2D eigenvalue weighted by Crippen LogP contribution is 2.37. The maximum absolute atomic E-state index is 13.0. The van der Waals surface area contributed by atoms with Crippen LogP contribution in [0, 0.1) is 0 Å². The maximum Gasteiger partial charge on any atom is 0.416 e. The lowest BCUT2D eigenvalue weighted by Crippen LogP contribution is -2.32. The van der Waals surface area contributed by atoms with E-state index in [-0.39, 0.29) is 24.8 Å². The fraction of sp³-hybridized carbons (Fsp3) is 0.381. The number of hydrogen-bond acceptors (Lipinski definition) is 3. The van der Waals surface area contributed by atoms with Gasteiger partial charge in [-0.3, -0.25) is 4.99 Å². The average Bonchev–Trinajstić information content (AvgIpc) is 3.06. The zero-order valence-corrected chi connectivity index (χ0v) is 16.1. The normalized spacial score (nSPS) is 19.5. The number of likely N-dealkylation sites (N-methyl/N-ethyl adjacent to an activating group) is 1. The van der Waals surface area contributed by atoms with E-state index in [9.17, 15) is 26.3 Å². The predicted octanol–water partition coefficient (Wildman–Crippen LogP) is 5.50. The van der Waals surface area contributed by atoms with Crippen molar-refractivity contribution in [1.29, 1.82) is 0 Å². The summed E-state index contributed by atoms with van der Waals surface area (Å²) in [6.07, 6.45) is -7.62. The molecule has 1 atom stereocenters. The highest BCUT2D eigenvalue weighted by atomic mass is 19.4. The van der Waals surface area contributed by atoms with E-state index < -0.39 is 29.0 Å². The van der Waals surface area contributed by atoms with Gasteiger partial charge in [-0.2, -0.15) is 26.3 Å². The van der Waals surface area contributed by atoms with Crippen molar-refractivity contribution in [2.24, 2.45) is 4.99 Å². The van der Waals surface area contributed by atoms with Gasteiger partial charge in [0.2, 0.25) is 0 Å². The number of rotatable bonds is 6. The van der Waals surface area contributed by atoms with Crippen LogP contribution in [0.1, 0.15) is 28.7 Å². The van der Waals surface area contributed by atoms with Crippen molar-refractivity contribution in [3.63, 3.8) is 0 Å². The first kappa shape index (κ1) is 22.1. The molecule has 9 heteroatoms. The third-order valence-corrected chi connectivity index (χ3v) is 4.90. The van der Waals surface area contributed by atoms with E-state index in [1.54, 1.807) is 6.34 Å². The van der Waals surface area contributed by atoms with E-state index in [0.29, 0.717) is 25.1 Å². The van der Waals surface area contributed by atoms with Crippen LogP contribution in [-0.2, 0) is 29.2 Å². The lowest BCUT2D eigenvalue weighted by molar-refractivity contribution is -0.143. The molecule has 1 aliphatic heterocycles. The summed E-state index contributed by atoms with van der Waals surface area (Å²) in [7, 11) is 1.87. The largest absolute Gasteiger partial charge is 0.416 e. The molecule has 2 aromatic rings. The minimum atomic E-state index is -4.88. The molecule has 2 aromatic carbocycles. The van der Waals surface area contributed by atoms with Gasteiger partial charge in [0.05, 0.1) is 24.1 Å². The topological polar surface area (TPSA) is 24.8 Å². The Morgan fingerprint density at radius 2 is 1.57 bits per heavy atom. The Balaban J connectivity index is 1.71. The monoisotopic (exact) mass is 430 g/mol. The van der Waals surface area contributed by atoms with Crippen LogP contribution >= 0.6 is 0 Å². The molecule has 3 nitrogen and oxygen atoms in total. The van der Waals surface area contributed by atoms with E-state index in [4.69, 9.17) is 4.74 Å². The van der Waals surface area contributed by atoms with Crippen molar-refractivity contribution in [3.8, 4) is 0 Å². The second-order valence-corrected chi connectivity index (χ2v) is 7.27. The fourth-order valence-corrected chi connectivity index (χ4v) is 3.44. The van der Waals surface area contributed by atoms with Crippen LogP contribution in [0.15, 0.2) is 53.5 Å². The van der Waals surface area contributed by atoms with Gasteiger partial charge < -0.3 is 9.64 Å². The molecular formula is C21H20F6N2O. The molecule has 0 saturated carbocycles. The SMILES string of the molecule is CN1C=N[C@](CCOCc2cc(C(F)(F)F)cc(C(F)(F)F)c2)(c2ccccc2)C1. The van der Waals surface area contributed by atoms with E-state index in [1.165, 1.54) is 0 Å². The van der Waals surface area contributed by atoms with Gasteiger partial charge >= 0.3 is 12.4 Å². The van der Waals surface area contributed by atoms with Crippen molar-refractivity contribution in [2.75, 3.05) is 20.2 Å². The molecule has 0 N–H and O–H groups in total. The molecule has 30 heavy (non-hydrogen) atoms. The van der Waals surface area contributed by atoms with E-state index in [1.807, 2.05) is 42.3 Å². The molecule has 0 aliphatic carbocycles. The Morgan fingerprint density at radius 1 is 0.967 bits per heavy atom. The van der Waals surface area contributed by atoms with Crippen LogP contribution < -0.4 is 0 Å². The van der Waals surface area contributed by atoms with Gasteiger partial charge in [-0.25, -0.2) is 0 Å². The van der Waals surface area contributed by atoms with Gasteiger partial charge in [-0.15, -0.1) is 0 Å². The Morgan fingerprint density at radius 3 is 2.07 bits per heavy atom. The first-order chi connectivity index (χ1) is 14.0. The van der Waals surface area contributed by atoms with Gasteiger partial charge in [-0.1, -0.05) is 30.3 Å². The van der Waals surface area contributed by atoms with Crippen LogP contribution in [0.4, 0.5) is 26.3 Å². The van der Waals surface area contributed by atoms with Crippen molar-refractivity contribution >= 4 is 6.34 Å². The number of alkyl halides is 6. The number of ether oxygens (including phenoxy) is 1. The van der Waals surface area contributed by atoms with Gasteiger partial charge in [0, 0.05) is 26.6 Å². The molecule has 0 unspecified atom stereocenters. The smallest absolute Gasteiger partial charge is 0.377 e. The zero-order valence-electron chi connectivity index (χ0n) is 16.1.